The van der Waals surface area contributed by atoms with Crippen LogP contribution in [0.5, 0.6) is 6.01 Å². The van der Waals surface area contributed by atoms with Crippen molar-refractivity contribution >= 4 is 23.7 Å². The number of rotatable bonds is 5. The third kappa shape index (κ3) is 3.56. The Labute approximate surface area is 121 Å². The fourth-order valence-corrected chi connectivity index (χ4v) is 1.90. The molecule has 3 N–H and O–H groups in total. The van der Waals surface area contributed by atoms with E-state index in [2.05, 4.69) is 20.3 Å². The van der Waals surface area contributed by atoms with Crippen molar-refractivity contribution in [1.82, 2.24) is 19.9 Å². The van der Waals surface area contributed by atoms with Crippen LogP contribution in [-0.2, 0) is 9.59 Å². The van der Waals surface area contributed by atoms with Crippen molar-refractivity contribution in [2.75, 3.05) is 24.7 Å². The van der Waals surface area contributed by atoms with E-state index in [1.165, 1.54) is 7.05 Å². The van der Waals surface area contributed by atoms with E-state index < -0.39 is 6.04 Å². The quantitative estimate of drug-likeness (QED) is 0.716. The zero-order chi connectivity index (χ0) is 15.4. The molecule has 1 aromatic heterocycles. The lowest BCUT2D eigenvalue weighted by molar-refractivity contribution is -0.146. The first-order valence-electron chi connectivity index (χ1n) is 6.72. The number of likely N-dealkylation sites (tertiary alicyclic amines) is 1. The van der Waals surface area contributed by atoms with E-state index in [9.17, 15) is 9.59 Å². The van der Waals surface area contributed by atoms with Crippen LogP contribution in [-0.4, -0.2) is 51.4 Å². The SMILES string of the molecule is CCCOc1nc(N)nc(NC2CCC(=O)N(C)C2=O)n1. The lowest BCUT2D eigenvalue weighted by atomic mass is 10.1. The summed E-state index contributed by atoms with van der Waals surface area (Å²) < 4.78 is 5.30. The van der Waals surface area contributed by atoms with Gasteiger partial charge in [0.05, 0.1) is 6.61 Å². The summed E-state index contributed by atoms with van der Waals surface area (Å²) >= 11 is 0. The third-order valence-electron chi connectivity index (χ3n) is 3.02. The van der Waals surface area contributed by atoms with Crippen LogP contribution in [0.4, 0.5) is 11.9 Å². The van der Waals surface area contributed by atoms with Gasteiger partial charge < -0.3 is 15.8 Å². The minimum atomic E-state index is -0.562. The number of likely N-dealkylation sites (N-methyl/N-ethyl adjacent to an activating group) is 1. The van der Waals surface area contributed by atoms with Crippen molar-refractivity contribution in [2.45, 2.75) is 32.2 Å². The number of aromatic nitrogens is 3. The van der Waals surface area contributed by atoms with E-state index in [1.807, 2.05) is 6.92 Å². The Morgan fingerprint density at radius 3 is 2.86 bits per heavy atom. The predicted molar refractivity (Wildman–Crippen MR) is 74.4 cm³/mol. The fourth-order valence-electron chi connectivity index (χ4n) is 1.90. The molecular weight excluding hydrogens is 276 g/mol. The van der Waals surface area contributed by atoms with Crippen molar-refractivity contribution in [3.8, 4) is 6.01 Å². The summed E-state index contributed by atoms with van der Waals surface area (Å²) in [5, 5.41) is 2.87. The lowest BCUT2D eigenvalue weighted by Gasteiger charge is -2.28. The van der Waals surface area contributed by atoms with Crippen molar-refractivity contribution in [3.05, 3.63) is 0 Å². The molecule has 9 heteroatoms. The third-order valence-corrected chi connectivity index (χ3v) is 3.02. The van der Waals surface area contributed by atoms with Gasteiger partial charge in [-0.25, -0.2) is 0 Å². The Kier molecular flexibility index (Phi) is 4.51. The van der Waals surface area contributed by atoms with Crippen LogP contribution in [0, 0.1) is 0 Å². The van der Waals surface area contributed by atoms with Gasteiger partial charge in [0.15, 0.2) is 0 Å². The number of nitrogens with one attached hydrogen (secondary N) is 1. The van der Waals surface area contributed by atoms with Crippen molar-refractivity contribution < 1.29 is 14.3 Å². The zero-order valence-corrected chi connectivity index (χ0v) is 12.0. The standard InChI is InChI=1S/C12H18N6O3/c1-3-6-21-12-16-10(13)15-11(17-12)14-7-4-5-8(19)18(2)9(7)20/h7H,3-6H2,1-2H3,(H3,13,14,15,16,17). The van der Waals surface area contributed by atoms with Gasteiger partial charge in [0.1, 0.15) is 6.04 Å². The molecule has 1 atom stereocenters. The second-order valence-electron chi connectivity index (χ2n) is 4.67. The topological polar surface area (TPSA) is 123 Å². The highest BCUT2D eigenvalue weighted by atomic mass is 16.5. The van der Waals surface area contributed by atoms with Crippen LogP contribution in [0.3, 0.4) is 0 Å². The zero-order valence-electron chi connectivity index (χ0n) is 12.0. The predicted octanol–water partition coefficient (Wildman–Crippen LogP) is -0.198. The first kappa shape index (κ1) is 14.9. The molecular formula is C12H18N6O3. The molecule has 2 heterocycles. The summed E-state index contributed by atoms with van der Waals surface area (Å²) in [6.45, 7) is 2.42. The average molecular weight is 294 g/mol. The second-order valence-corrected chi connectivity index (χ2v) is 4.67. The number of carbonyl (C=O) groups excluding carboxylic acids is 2. The largest absolute Gasteiger partial charge is 0.463 e. The summed E-state index contributed by atoms with van der Waals surface area (Å²) in [5.74, 6) is -0.345. The fraction of sp³-hybridized carbons (Fsp3) is 0.583. The molecule has 1 aromatic rings. The Bertz CT molecular complexity index is 550. The van der Waals surface area contributed by atoms with Gasteiger partial charge in [0.2, 0.25) is 17.8 Å². The maximum absolute atomic E-state index is 12.0. The Morgan fingerprint density at radius 1 is 1.38 bits per heavy atom. The Balaban J connectivity index is 2.10. The number of piperidine rings is 1. The molecule has 0 bridgehead atoms. The molecule has 0 saturated carbocycles. The van der Waals surface area contributed by atoms with Crippen LogP contribution in [0.25, 0.3) is 0 Å². The number of imide groups is 1. The molecule has 1 unspecified atom stereocenters. The smallest absolute Gasteiger partial charge is 0.323 e. The minimum Gasteiger partial charge on any atom is -0.463 e. The van der Waals surface area contributed by atoms with Gasteiger partial charge in [-0.3, -0.25) is 14.5 Å². The molecule has 1 saturated heterocycles. The number of nitrogens with zero attached hydrogens (tertiary/aromatic N) is 4. The molecule has 1 aliphatic heterocycles. The van der Waals surface area contributed by atoms with Gasteiger partial charge >= 0.3 is 6.01 Å². The molecule has 2 amide bonds. The number of ether oxygens (including phenoxy) is 1. The van der Waals surface area contributed by atoms with E-state index in [0.717, 1.165) is 11.3 Å². The molecule has 2 rings (SSSR count). The maximum atomic E-state index is 12.0. The van der Waals surface area contributed by atoms with Crippen LogP contribution in [0.1, 0.15) is 26.2 Å². The van der Waals surface area contributed by atoms with Crippen molar-refractivity contribution in [2.24, 2.45) is 0 Å². The molecule has 0 aromatic carbocycles. The van der Waals surface area contributed by atoms with Gasteiger partial charge in [-0.15, -0.1) is 0 Å². The molecule has 1 fully saturated rings. The van der Waals surface area contributed by atoms with Crippen molar-refractivity contribution in [3.63, 3.8) is 0 Å². The number of hydrogen-bond donors (Lipinski definition) is 2. The van der Waals surface area contributed by atoms with E-state index >= 15 is 0 Å². The number of nitrogen functional groups attached to an aromatic ring is 1. The summed E-state index contributed by atoms with van der Waals surface area (Å²) in [7, 11) is 1.45. The average Bonchev–Trinajstić information content (AvgIpc) is 2.45. The molecule has 0 spiro atoms. The van der Waals surface area contributed by atoms with E-state index in [4.69, 9.17) is 10.5 Å². The van der Waals surface area contributed by atoms with Gasteiger partial charge in [-0.2, -0.15) is 15.0 Å². The summed E-state index contributed by atoms with van der Waals surface area (Å²) in [4.78, 5) is 36.3. The van der Waals surface area contributed by atoms with Crippen LogP contribution < -0.4 is 15.8 Å². The maximum Gasteiger partial charge on any atom is 0.323 e. The number of anilines is 2. The van der Waals surface area contributed by atoms with Gasteiger partial charge in [-0.1, -0.05) is 6.92 Å². The highest BCUT2D eigenvalue weighted by molar-refractivity contribution is 6.01. The number of carbonyl (C=O) groups is 2. The number of nitrogens with two attached hydrogens (primary N) is 1. The normalized spacial score (nSPS) is 18.8. The molecule has 9 nitrogen and oxygen atoms in total. The van der Waals surface area contributed by atoms with E-state index in [0.29, 0.717) is 19.4 Å². The molecule has 1 aliphatic rings. The molecule has 0 aliphatic carbocycles. The first-order chi connectivity index (χ1) is 10.0. The van der Waals surface area contributed by atoms with Crippen molar-refractivity contribution in [1.29, 1.82) is 0 Å². The number of hydrogen-bond acceptors (Lipinski definition) is 8. The van der Waals surface area contributed by atoms with Gasteiger partial charge in [0.25, 0.3) is 5.91 Å². The Morgan fingerprint density at radius 2 is 2.14 bits per heavy atom. The van der Waals surface area contributed by atoms with Crippen LogP contribution >= 0.6 is 0 Å². The summed E-state index contributed by atoms with van der Waals surface area (Å²) in [6.07, 6.45) is 1.49. The summed E-state index contributed by atoms with van der Waals surface area (Å²) in [5.41, 5.74) is 5.59. The Hall–Kier alpha value is -2.45. The molecule has 21 heavy (non-hydrogen) atoms. The van der Waals surface area contributed by atoms with E-state index in [-0.39, 0.29) is 29.7 Å². The van der Waals surface area contributed by atoms with Gasteiger partial charge in [-0.05, 0) is 12.8 Å². The highest BCUT2D eigenvalue weighted by Crippen LogP contribution is 2.16. The summed E-state index contributed by atoms with van der Waals surface area (Å²) in [6, 6.07) is -0.451. The highest BCUT2D eigenvalue weighted by Gasteiger charge is 2.32. The molecule has 0 radical (unpaired) electrons. The molecule has 114 valence electrons. The lowest BCUT2D eigenvalue weighted by Crippen LogP contribution is -2.48. The van der Waals surface area contributed by atoms with Crippen LogP contribution in [0.15, 0.2) is 0 Å². The van der Waals surface area contributed by atoms with E-state index in [1.54, 1.807) is 0 Å². The minimum absolute atomic E-state index is 0.00583. The van der Waals surface area contributed by atoms with Gasteiger partial charge in [0, 0.05) is 13.5 Å². The second kappa shape index (κ2) is 6.33. The monoisotopic (exact) mass is 294 g/mol. The number of amides is 2. The van der Waals surface area contributed by atoms with Crippen LogP contribution in [0.2, 0.25) is 0 Å². The first-order valence-corrected chi connectivity index (χ1v) is 6.72.